The van der Waals surface area contributed by atoms with Gasteiger partial charge in [-0.3, -0.25) is 9.59 Å². The number of carbonyl (C=O) groups is 2. The highest BCUT2D eigenvalue weighted by Gasteiger charge is 2.29. The minimum Gasteiger partial charge on any atom is -0.325 e. The number of ketones is 1. The van der Waals surface area contributed by atoms with E-state index in [1.165, 1.54) is 0 Å². The average molecular weight is 245 g/mol. The van der Waals surface area contributed by atoms with Crippen LogP contribution in [0.5, 0.6) is 0 Å². The van der Waals surface area contributed by atoms with Gasteiger partial charge in [-0.1, -0.05) is 26.0 Å². The second kappa shape index (κ2) is 4.92. The molecule has 3 heteroatoms. The third-order valence-electron chi connectivity index (χ3n) is 3.37. The van der Waals surface area contributed by atoms with Gasteiger partial charge in [0.15, 0.2) is 5.78 Å². The van der Waals surface area contributed by atoms with Crippen LogP contribution >= 0.6 is 0 Å². The van der Waals surface area contributed by atoms with Crippen LogP contribution in [0.15, 0.2) is 18.2 Å². The van der Waals surface area contributed by atoms with Crippen molar-refractivity contribution in [3.8, 4) is 0 Å². The second-order valence-electron chi connectivity index (χ2n) is 5.44. The Hall–Kier alpha value is -1.64. The predicted molar refractivity (Wildman–Crippen MR) is 71.7 cm³/mol. The minimum atomic E-state index is -0.204. The first-order valence-corrected chi connectivity index (χ1v) is 6.42. The summed E-state index contributed by atoms with van der Waals surface area (Å²) < 4.78 is 0. The number of hydrogen-bond donors (Lipinski definition) is 1. The summed E-state index contributed by atoms with van der Waals surface area (Å²) in [6.45, 7) is 6.05. The number of anilines is 1. The van der Waals surface area contributed by atoms with E-state index in [9.17, 15) is 9.59 Å². The van der Waals surface area contributed by atoms with Gasteiger partial charge in [-0.25, -0.2) is 0 Å². The molecule has 1 atom stereocenters. The Bertz CT molecular complexity index is 491. The van der Waals surface area contributed by atoms with Gasteiger partial charge in [0.25, 0.3) is 0 Å². The predicted octanol–water partition coefficient (Wildman–Crippen LogP) is 3.18. The van der Waals surface area contributed by atoms with Crippen LogP contribution in [0.2, 0.25) is 0 Å². The zero-order valence-corrected chi connectivity index (χ0v) is 11.1. The van der Waals surface area contributed by atoms with E-state index in [1.54, 1.807) is 6.07 Å². The molecular formula is C15H19NO2. The molecule has 18 heavy (non-hydrogen) atoms. The van der Waals surface area contributed by atoms with Crippen molar-refractivity contribution in [2.24, 2.45) is 11.8 Å². The van der Waals surface area contributed by atoms with E-state index in [2.05, 4.69) is 19.2 Å². The van der Waals surface area contributed by atoms with Gasteiger partial charge in [0, 0.05) is 17.9 Å². The molecule has 0 spiro atoms. The molecule has 1 aromatic carbocycles. The maximum atomic E-state index is 12.3. The first kappa shape index (κ1) is 12.8. The third kappa shape index (κ3) is 2.45. The Labute approximate surface area is 108 Å². The van der Waals surface area contributed by atoms with Crippen molar-refractivity contribution in [2.75, 3.05) is 5.32 Å². The normalized spacial score (nSPS) is 19.4. The molecule has 0 unspecified atom stereocenters. The van der Waals surface area contributed by atoms with Crippen LogP contribution in [0.4, 0.5) is 5.69 Å². The second-order valence-corrected chi connectivity index (χ2v) is 5.44. The lowest BCUT2D eigenvalue weighted by atomic mass is 9.90. The first-order valence-electron chi connectivity index (χ1n) is 6.42. The van der Waals surface area contributed by atoms with Crippen LogP contribution in [0.3, 0.4) is 0 Å². The van der Waals surface area contributed by atoms with Crippen molar-refractivity contribution in [1.29, 1.82) is 0 Å². The Morgan fingerprint density at radius 1 is 1.33 bits per heavy atom. The highest BCUT2D eigenvalue weighted by molar-refractivity contribution is 6.10. The van der Waals surface area contributed by atoms with Gasteiger partial charge in [0.05, 0.1) is 5.69 Å². The maximum Gasteiger partial charge on any atom is 0.227 e. The van der Waals surface area contributed by atoms with E-state index in [0.29, 0.717) is 23.6 Å². The molecule has 0 aliphatic carbocycles. The highest BCUT2D eigenvalue weighted by Crippen LogP contribution is 2.29. The van der Waals surface area contributed by atoms with Gasteiger partial charge >= 0.3 is 0 Å². The quantitative estimate of drug-likeness (QED) is 0.869. The molecular weight excluding hydrogens is 226 g/mol. The number of fused-ring (bicyclic) bond motifs is 1. The fourth-order valence-corrected chi connectivity index (χ4v) is 2.55. The molecule has 0 saturated carbocycles. The standard InChI is InChI=1S/C15H19NO2/c1-9(2)7-11-8-13(17)14-10(3)5-4-6-12(14)16-15(11)18/h4-6,9,11H,7-8H2,1-3H3,(H,16,18)/t11-/m1/s1. The molecule has 0 bridgehead atoms. The lowest BCUT2D eigenvalue weighted by Gasteiger charge is -2.14. The molecule has 1 aromatic rings. The highest BCUT2D eigenvalue weighted by atomic mass is 16.2. The smallest absolute Gasteiger partial charge is 0.227 e. The topological polar surface area (TPSA) is 46.2 Å². The molecule has 0 saturated heterocycles. The zero-order chi connectivity index (χ0) is 13.3. The summed E-state index contributed by atoms with van der Waals surface area (Å²) in [5, 5.41) is 2.89. The van der Waals surface area contributed by atoms with Crippen LogP contribution < -0.4 is 5.32 Å². The summed E-state index contributed by atoms with van der Waals surface area (Å²) >= 11 is 0. The van der Waals surface area contributed by atoms with E-state index < -0.39 is 0 Å². The first-order chi connectivity index (χ1) is 8.49. The zero-order valence-electron chi connectivity index (χ0n) is 11.1. The minimum absolute atomic E-state index is 0.0265. The van der Waals surface area contributed by atoms with Gasteiger partial charge in [-0.15, -0.1) is 0 Å². The summed E-state index contributed by atoms with van der Waals surface area (Å²) in [4.78, 5) is 24.4. The largest absolute Gasteiger partial charge is 0.325 e. The number of Topliss-reactive ketones (excluding diaryl/α,β-unsaturated/α-hetero) is 1. The average Bonchev–Trinajstić information content (AvgIpc) is 2.37. The Morgan fingerprint density at radius 2 is 2.06 bits per heavy atom. The van der Waals surface area contributed by atoms with Crippen molar-refractivity contribution in [1.82, 2.24) is 0 Å². The van der Waals surface area contributed by atoms with Crippen molar-refractivity contribution in [2.45, 2.75) is 33.6 Å². The van der Waals surface area contributed by atoms with E-state index in [1.807, 2.05) is 19.1 Å². The van der Waals surface area contributed by atoms with Crippen LogP contribution in [0, 0.1) is 18.8 Å². The number of nitrogens with one attached hydrogen (secondary N) is 1. The lowest BCUT2D eigenvalue weighted by Crippen LogP contribution is -2.23. The lowest BCUT2D eigenvalue weighted by molar-refractivity contribution is -0.120. The molecule has 1 amide bonds. The summed E-state index contributed by atoms with van der Waals surface area (Å²) in [5.41, 5.74) is 2.27. The number of amides is 1. The summed E-state index contributed by atoms with van der Waals surface area (Å²) in [6, 6.07) is 5.58. The molecule has 1 N–H and O–H groups in total. The number of rotatable bonds is 2. The van der Waals surface area contributed by atoms with E-state index >= 15 is 0 Å². The SMILES string of the molecule is Cc1cccc2c1C(=O)C[C@@H](CC(C)C)C(=O)N2. The molecule has 0 fully saturated rings. The molecule has 0 radical (unpaired) electrons. The van der Waals surface area contributed by atoms with Crippen molar-refractivity contribution < 1.29 is 9.59 Å². The van der Waals surface area contributed by atoms with Crippen molar-refractivity contribution in [3.05, 3.63) is 29.3 Å². The number of benzene rings is 1. The van der Waals surface area contributed by atoms with Gasteiger partial charge in [-0.05, 0) is 30.9 Å². The fraction of sp³-hybridized carbons (Fsp3) is 0.467. The Morgan fingerprint density at radius 3 is 2.72 bits per heavy atom. The summed E-state index contributed by atoms with van der Waals surface area (Å²) in [7, 11) is 0. The number of carbonyl (C=O) groups excluding carboxylic acids is 2. The van der Waals surface area contributed by atoms with Crippen LogP contribution in [0.1, 0.15) is 42.6 Å². The van der Waals surface area contributed by atoms with E-state index in [-0.39, 0.29) is 17.6 Å². The van der Waals surface area contributed by atoms with Crippen LogP contribution in [0.25, 0.3) is 0 Å². The Kier molecular flexibility index (Phi) is 3.50. The Balaban J connectivity index is 2.35. The summed E-state index contributed by atoms with van der Waals surface area (Å²) in [6.07, 6.45) is 1.08. The summed E-state index contributed by atoms with van der Waals surface area (Å²) in [5.74, 6) is 0.258. The van der Waals surface area contributed by atoms with Gasteiger partial charge in [-0.2, -0.15) is 0 Å². The molecule has 1 heterocycles. The van der Waals surface area contributed by atoms with E-state index in [4.69, 9.17) is 0 Å². The third-order valence-corrected chi connectivity index (χ3v) is 3.37. The van der Waals surface area contributed by atoms with Gasteiger partial charge in [0.2, 0.25) is 5.91 Å². The molecule has 2 rings (SSSR count). The molecule has 1 aliphatic heterocycles. The van der Waals surface area contributed by atoms with E-state index in [0.717, 1.165) is 12.0 Å². The maximum absolute atomic E-state index is 12.3. The van der Waals surface area contributed by atoms with Crippen molar-refractivity contribution in [3.63, 3.8) is 0 Å². The molecule has 0 aromatic heterocycles. The van der Waals surface area contributed by atoms with Crippen molar-refractivity contribution >= 4 is 17.4 Å². The molecule has 3 nitrogen and oxygen atoms in total. The fourth-order valence-electron chi connectivity index (χ4n) is 2.55. The monoisotopic (exact) mass is 245 g/mol. The van der Waals surface area contributed by atoms with Gasteiger partial charge < -0.3 is 5.32 Å². The van der Waals surface area contributed by atoms with Gasteiger partial charge in [0.1, 0.15) is 0 Å². The van der Waals surface area contributed by atoms with Crippen LogP contribution in [-0.2, 0) is 4.79 Å². The number of hydrogen-bond acceptors (Lipinski definition) is 2. The molecule has 1 aliphatic rings. The number of aryl methyl sites for hydroxylation is 1. The van der Waals surface area contributed by atoms with Crippen LogP contribution in [-0.4, -0.2) is 11.7 Å². The molecule has 96 valence electrons.